The van der Waals surface area contributed by atoms with Gasteiger partial charge >= 0.3 is 0 Å². The molecule has 1 aliphatic rings. The van der Waals surface area contributed by atoms with E-state index < -0.39 is 0 Å². The fourth-order valence-corrected chi connectivity index (χ4v) is 2.70. The lowest BCUT2D eigenvalue weighted by atomic mass is 9.96. The number of carbonyl (C=O) groups is 1. The topological polar surface area (TPSA) is 66.6 Å². The second-order valence-electron chi connectivity index (χ2n) is 5.41. The molecule has 0 aromatic heterocycles. The van der Waals surface area contributed by atoms with Gasteiger partial charge in [-0.2, -0.15) is 0 Å². The van der Waals surface area contributed by atoms with E-state index in [0.717, 1.165) is 23.2 Å². The first-order valence-corrected chi connectivity index (χ1v) is 7.04. The maximum absolute atomic E-state index is 12.7. The van der Waals surface area contributed by atoms with Crippen LogP contribution in [0.25, 0.3) is 0 Å². The molecule has 1 heterocycles. The van der Waals surface area contributed by atoms with E-state index in [2.05, 4.69) is 0 Å². The van der Waals surface area contributed by atoms with Crippen LogP contribution in [0.5, 0.6) is 5.75 Å². The fraction of sp³-hybridized carbons (Fsp3) is 0.235. The molecule has 3 N–H and O–H groups in total. The van der Waals surface area contributed by atoms with Crippen molar-refractivity contribution in [1.29, 1.82) is 0 Å². The Morgan fingerprint density at radius 2 is 2.05 bits per heavy atom. The van der Waals surface area contributed by atoms with Gasteiger partial charge in [-0.15, -0.1) is 0 Å². The predicted molar refractivity (Wildman–Crippen MR) is 82.5 cm³/mol. The maximum atomic E-state index is 12.7. The van der Waals surface area contributed by atoms with Crippen LogP contribution in [0.4, 0.5) is 5.69 Å². The summed E-state index contributed by atoms with van der Waals surface area (Å²) in [4.78, 5) is 14.4. The Hall–Kier alpha value is -2.33. The Morgan fingerprint density at radius 3 is 2.81 bits per heavy atom. The molecule has 0 bridgehead atoms. The summed E-state index contributed by atoms with van der Waals surface area (Å²) in [5, 5.41) is 9.79. The van der Waals surface area contributed by atoms with E-state index in [1.54, 1.807) is 24.0 Å². The van der Waals surface area contributed by atoms with E-state index in [1.165, 1.54) is 6.07 Å². The summed E-state index contributed by atoms with van der Waals surface area (Å²) in [6, 6.07) is 12.7. The number of rotatable bonds is 1. The number of hydrogen-bond acceptors (Lipinski definition) is 3. The molecular weight excluding hydrogens is 264 g/mol. The molecule has 0 saturated carbocycles. The first kappa shape index (κ1) is 13.6. The van der Waals surface area contributed by atoms with E-state index in [-0.39, 0.29) is 17.7 Å². The fourth-order valence-electron chi connectivity index (χ4n) is 2.70. The van der Waals surface area contributed by atoms with Crippen LogP contribution in [0.1, 0.15) is 33.9 Å². The minimum absolute atomic E-state index is 0.0309. The Morgan fingerprint density at radius 1 is 1.29 bits per heavy atom. The first-order chi connectivity index (χ1) is 10.1. The number of benzene rings is 2. The number of nitrogens with two attached hydrogens (primary N) is 1. The van der Waals surface area contributed by atoms with Crippen LogP contribution in [0, 0.1) is 6.92 Å². The van der Waals surface area contributed by atoms with E-state index in [0.29, 0.717) is 12.1 Å². The van der Waals surface area contributed by atoms with Crippen molar-refractivity contribution in [3.05, 3.63) is 59.2 Å². The van der Waals surface area contributed by atoms with Gasteiger partial charge in [0.15, 0.2) is 0 Å². The minimum atomic E-state index is -0.107. The lowest BCUT2D eigenvalue weighted by molar-refractivity contribution is 0.0984. The molecule has 4 heteroatoms. The molecule has 0 aliphatic carbocycles. The van der Waals surface area contributed by atoms with Crippen molar-refractivity contribution >= 4 is 11.6 Å². The zero-order valence-corrected chi connectivity index (χ0v) is 11.9. The minimum Gasteiger partial charge on any atom is -0.508 e. The highest BCUT2D eigenvalue weighted by molar-refractivity contribution is 6.07. The molecule has 2 aromatic carbocycles. The molecule has 0 radical (unpaired) electrons. The molecule has 3 rings (SSSR count). The normalized spacial score (nSPS) is 17.4. The summed E-state index contributed by atoms with van der Waals surface area (Å²) >= 11 is 0. The van der Waals surface area contributed by atoms with Crippen molar-refractivity contribution in [2.45, 2.75) is 19.4 Å². The van der Waals surface area contributed by atoms with Gasteiger partial charge in [0.25, 0.3) is 5.91 Å². The number of anilines is 1. The molecule has 0 fully saturated rings. The van der Waals surface area contributed by atoms with Crippen LogP contribution >= 0.6 is 0 Å². The maximum Gasteiger partial charge on any atom is 0.258 e. The third kappa shape index (κ3) is 2.38. The number of hydrogen-bond donors (Lipinski definition) is 2. The lowest BCUT2D eigenvalue weighted by Crippen LogP contribution is -2.38. The molecule has 1 amide bonds. The summed E-state index contributed by atoms with van der Waals surface area (Å²) in [6.07, 6.45) is 0.737. The van der Waals surface area contributed by atoms with E-state index in [1.807, 2.05) is 24.3 Å². The van der Waals surface area contributed by atoms with Crippen molar-refractivity contribution in [2.24, 2.45) is 5.73 Å². The molecule has 0 saturated heterocycles. The number of fused-ring (bicyclic) bond motifs is 1. The van der Waals surface area contributed by atoms with Crippen LogP contribution in [-0.2, 0) is 0 Å². The highest BCUT2D eigenvalue weighted by Crippen LogP contribution is 2.33. The monoisotopic (exact) mass is 282 g/mol. The zero-order chi connectivity index (χ0) is 15.0. The van der Waals surface area contributed by atoms with E-state index >= 15 is 0 Å². The number of amides is 1. The van der Waals surface area contributed by atoms with Gasteiger partial charge in [-0.25, -0.2) is 0 Å². The van der Waals surface area contributed by atoms with Crippen LogP contribution in [0.15, 0.2) is 42.5 Å². The van der Waals surface area contributed by atoms with Gasteiger partial charge in [0.05, 0.1) is 0 Å². The van der Waals surface area contributed by atoms with Gasteiger partial charge in [-0.1, -0.05) is 24.3 Å². The number of nitrogens with zero attached hydrogens (tertiary/aromatic N) is 1. The largest absolute Gasteiger partial charge is 0.508 e. The Kier molecular flexibility index (Phi) is 3.39. The summed E-state index contributed by atoms with van der Waals surface area (Å²) in [7, 11) is 0. The van der Waals surface area contributed by atoms with Crippen molar-refractivity contribution in [3.63, 3.8) is 0 Å². The SMILES string of the molecule is Cc1ccc(C(=O)N2CCC(N)c3ccccc32)cc1O. The van der Waals surface area contributed by atoms with Crippen LogP contribution in [-0.4, -0.2) is 17.6 Å². The van der Waals surface area contributed by atoms with Gasteiger partial charge in [0, 0.05) is 23.8 Å². The van der Waals surface area contributed by atoms with Crippen molar-refractivity contribution < 1.29 is 9.90 Å². The molecule has 4 nitrogen and oxygen atoms in total. The molecule has 1 aliphatic heterocycles. The number of aryl methyl sites for hydroxylation is 1. The summed E-state index contributed by atoms with van der Waals surface area (Å²) < 4.78 is 0. The quantitative estimate of drug-likeness (QED) is 0.845. The number of para-hydroxylation sites is 1. The van der Waals surface area contributed by atoms with Crippen molar-refractivity contribution in [2.75, 3.05) is 11.4 Å². The van der Waals surface area contributed by atoms with Gasteiger partial charge < -0.3 is 15.7 Å². The second-order valence-corrected chi connectivity index (χ2v) is 5.41. The summed E-state index contributed by atoms with van der Waals surface area (Å²) in [5.41, 5.74) is 9.22. The average molecular weight is 282 g/mol. The number of carbonyl (C=O) groups excluding carboxylic acids is 1. The molecular formula is C17H18N2O2. The van der Waals surface area contributed by atoms with Crippen LogP contribution in [0.2, 0.25) is 0 Å². The summed E-state index contributed by atoms with van der Waals surface area (Å²) in [6.45, 7) is 2.39. The summed E-state index contributed by atoms with van der Waals surface area (Å²) in [5.74, 6) is 0.0347. The number of aromatic hydroxyl groups is 1. The third-order valence-electron chi connectivity index (χ3n) is 3.99. The van der Waals surface area contributed by atoms with Crippen molar-refractivity contribution in [3.8, 4) is 5.75 Å². The zero-order valence-electron chi connectivity index (χ0n) is 11.9. The molecule has 1 atom stereocenters. The van der Waals surface area contributed by atoms with Crippen molar-refractivity contribution in [1.82, 2.24) is 0 Å². The Bertz CT molecular complexity index is 697. The highest BCUT2D eigenvalue weighted by Gasteiger charge is 2.27. The third-order valence-corrected chi connectivity index (χ3v) is 3.99. The van der Waals surface area contributed by atoms with Crippen LogP contribution in [0.3, 0.4) is 0 Å². The molecule has 108 valence electrons. The Labute approximate surface area is 123 Å². The Balaban J connectivity index is 1.99. The molecule has 0 spiro atoms. The average Bonchev–Trinajstić information content (AvgIpc) is 2.50. The molecule has 21 heavy (non-hydrogen) atoms. The smallest absolute Gasteiger partial charge is 0.258 e. The van der Waals surface area contributed by atoms with Gasteiger partial charge in [-0.05, 0) is 42.7 Å². The van der Waals surface area contributed by atoms with E-state index in [9.17, 15) is 9.90 Å². The highest BCUT2D eigenvalue weighted by atomic mass is 16.3. The van der Waals surface area contributed by atoms with E-state index in [4.69, 9.17) is 5.73 Å². The number of phenolic OH excluding ortho intramolecular Hbond substituents is 1. The predicted octanol–water partition coefficient (Wildman–Crippen LogP) is 2.75. The van der Waals surface area contributed by atoms with Gasteiger partial charge in [-0.3, -0.25) is 4.79 Å². The van der Waals surface area contributed by atoms with Crippen LogP contribution < -0.4 is 10.6 Å². The lowest BCUT2D eigenvalue weighted by Gasteiger charge is -2.32. The molecule has 1 unspecified atom stereocenters. The van der Waals surface area contributed by atoms with Gasteiger partial charge in [0.1, 0.15) is 5.75 Å². The number of phenols is 1. The second kappa shape index (κ2) is 5.22. The molecule has 2 aromatic rings. The first-order valence-electron chi connectivity index (χ1n) is 7.04. The van der Waals surface area contributed by atoms with Gasteiger partial charge in [0.2, 0.25) is 0 Å². The standard InChI is InChI=1S/C17H18N2O2/c1-11-6-7-12(10-16(11)20)17(21)19-9-8-14(18)13-4-2-3-5-15(13)19/h2-7,10,14,20H,8-9,18H2,1H3.